The summed E-state index contributed by atoms with van der Waals surface area (Å²) in [5, 5.41) is 6.21. The minimum absolute atomic E-state index is 0.101. The molecule has 7 heteroatoms. The van der Waals surface area contributed by atoms with E-state index in [2.05, 4.69) is 10.3 Å². The Morgan fingerprint density at radius 3 is 2.92 bits per heavy atom. The van der Waals surface area contributed by atoms with Gasteiger partial charge < -0.3 is 14.8 Å². The molecular formula is C18H18N4O2S. The van der Waals surface area contributed by atoms with E-state index in [0.717, 1.165) is 17.3 Å². The quantitative estimate of drug-likeness (QED) is 0.786. The molecule has 2 aromatic heterocycles. The number of para-hydroxylation sites is 1. The molecule has 0 saturated carbocycles. The normalized spacial score (nSPS) is 17.2. The summed E-state index contributed by atoms with van der Waals surface area (Å²) in [7, 11) is 1.89. The van der Waals surface area contributed by atoms with E-state index in [1.165, 1.54) is 11.3 Å². The lowest BCUT2D eigenvalue weighted by Crippen LogP contribution is -2.43. The molecule has 1 atom stereocenters. The third-order valence-electron chi connectivity index (χ3n) is 4.65. The first-order valence-corrected chi connectivity index (χ1v) is 9.09. The van der Waals surface area contributed by atoms with Gasteiger partial charge in [0.25, 0.3) is 5.91 Å². The number of carbonyl (C=O) groups is 2. The van der Waals surface area contributed by atoms with Gasteiger partial charge in [-0.15, -0.1) is 11.3 Å². The van der Waals surface area contributed by atoms with E-state index in [0.29, 0.717) is 23.8 Å². The molecule has 6 nitrogen and oxygen atoms in total. The van der Waals surface area contributed by atoms with Crippen LogP contribution in [0.25, 0.3) is 10.9 Å². The molecular weight excluding hydrogens is 336 g/mol. The van der Waals surface area contributed by atoms with Crippen LogP contribution in [-0.2, 0) is 11.8 Å². The summed E-state index contributed by atoms with van der Waals surface area (Å²) < 4.78 is 1.89. The summed E-state index contributed by atoms with van der Waals surface area (Å²) in [5.41, 5.74) is 1.61. The van der Waals surface area contributed by atoms with Crippen LogP contribution in [0.5, 0.6) is 0 Å². The van der Waals surface area contributed by atoms with Crippen molar-refractivity contribution in [3.63, 3.8) is 0 Å². The highest BCUT2D eigenvalue weighted by Gasteiger charge is 2.35. The molecule has 1 aliphatic rings. The molecule has 0 radical (unpaired) electrons. The van der Waals surface area contributed by atoms with Crippen LogP contribution in [0, 0.1) is 0 Å². The van der Waals surface area contributed by atoms with Gasteiger partial charge >= 0.3 is 0 Å². The smallest absolute Gasteiger partial charge is 0.271 e. The highest BCUT2D eigenvalue weighted by molar-refractivity contribution is 7.13. The first kappa shape index (κ1) is 15.8. The summed E-state index contributed by atoms with van der Waals surface area (Å²) >= 11 is 1.37. The molecule has 128 valence electrons. The van der Waals surface area contributed by atoms with Crippen molar-refractivity contribution in [3.05, 3.63) is 47.6 Å². The molecule has 3 aromatic rings. The van der Waals surface area contributed by atoms with Crippen LogP contribution in [0.4, 0.5) is 5.13 Å². The lowest BCUT2D eigenvalue weighted by atomic mass is 10.2. The zero-order valence-corrected chi connectivity index (χ0v) is 14.6. The van der Waals surface area contributed by atoms with Crippen LogP contribution in [0.2, 0.25) is 0 Å². The number of rotatable bonds is 3. The Hall–Kier alpha value is -2.67. The fourth-order valence-corrected chi connectivity index (χ4v) is 3.93. The number of nitrogens with one attached hydrogen (secondary N) is 1. The zero-order chi connectivity index (χ0) is 17.4. The first-order chi connectivity index (χ1) is 12.1. The van der Waals surface area contributed by atoms with Crippen molar-refractivity contribution in [1.82, 2.24) is 14.5 Å². The minimum Gasteiger partial charge on any atom is -0.340 e. The van der Waals surface area contributed by atoms with Gasteiger partial charge in [0.15, 0.2) is 5.13 Å². The molecule has 4 rings (SSSR count). The Labute approximate surface area is 149 Å². The van der Waals surface area contributed by atoms with Crippen molar-refractivity contribution < 1.29 is 9.59 Å². The van der Waals surface area contributed by atoms with Gasteiger partial charge in [-0.05, 0) is 25.0 Å². The van der Waals surface area contributed by atoms with E-state index in [9.17, 15) is 9.59 Å². The van der Waals surface area contributed by atoms with E-state index in [-0.39, 0.29) is 11.8 Å². The maximum absolute atomic E-state index is 13.1. The molecule has 1 aliphatic heterocycles. The number of thiazole rings is 1. The predicted molar refractivity (Wildman–Crippen MR) is 97.7 cm³/mol. The first-order valence-electron chi connectivity index (χ1n) is 8.21. The Balaban J connectivity index is 1.59. The van der Waals surface area contributed by atoms with Crippen LogP contribution in [-0.4, -0.2) is 38.9 Å². The zero-order valence-electron chi connectivity index (χ0n) is 13.8. The number of likely N-dealkylation sites (tertiary alicyclic amines) is 1. The van der Waals surface area contributed by atoms with Crippen molar-refractivity contribution in [2.75, 3.05) is 11.9 Å². The van der Waals surface area contributed by atoms with Crippen molar-refractivity contribution in [1.29, 1.82) is 0 Å². The average Bonchev–Trinajstić information content (AvgIpc) is 3.34. The molecule has 25 heavy (non-hydrogen) atoms. The van der Waals surface area contributed by atoms with Gasteiger partial charge in [-0.1, -0.05) is 18.2 Å². The van der Waals surface area contributed by atoms with Crippen molar-refractivity contribution in [2.45, 2.75) is 18.9 Å². The largest absolute Gasteiger partial charge is 0.340 e. The molecule has 2 amide bonds. The number of aromatic nitrogens is 2. The second-order valence-corrected chi connectivity index (χ2v) is 7.03. The van der Waals surface area contributed by atoms with Crippen molar-refractivity contribution >= 4 is 39.2 Å². The van der Waals surface area contributed by atoms with Gasteiger partial charge in [-0.3, -0.25) is 9.59 Å². The van der Waals surface area contributed by atoms with Crippen molar-refractivity contribution in [2.24, 2.45) is 7.05 Å². The molecule has 1 N–H and O–H groups in total. The Kier molecular flexibility index (Phi) is 4.01. The summed E-state index contributed by atoms with van der Waals surface area (Å²) in [5.74, 6) is -0.268. The topological polar surface area (TPSA) is 67.2 Å². The Morgan fingerprint density at radius 2 is 2.16 bits per heavy atom. The lowest BCUT2D eigenvalue weighted by molar-refractivity contribution is -0.119. The van der Waals surface area contributed by atoms with Crippen LogP contribution < -0.4 is 5.32 Å². The minimum atomic E-state index is -0.450. The summed E-state index contributed by atoms with van der Waals surface area (Å²) in [6.07, 6.45) is 3.14. The number of benzene rings is 1. The van der Waals surface area contributed by atoms with Crippen LogP contribution >= 0.6 is 11.3 Å². The van der Waals surface area contributed by atoms with Crippen LogP contribution in [0.15, 0.2) is 41.9 Å². The molecule has 0 aliphatic carbocycles. The highest BCUT2D eigenvalue weighted by atomic mass is 32.1. The number of hydrogen-bond acceptors (Lipinski definition) is 4. The Bertz CT molecular complexity index is 932. The molecule has 3 heterocycles. The fraction of sp³-hybridized carbons (Fsp3) is 0.278. The van der Waals surface area contributed by atoms with Gasteiger partial charge in [0.2, 0.25) is 5.91 Å². The van der Waals surface area contributed by atoms with Gasteiger partial charge in [0.05, 0.1) is 0 Å². The van der Waals surface area contributed by atoms with Crippen LogP contribution in [0.1, 0.15) is 23.3 Å². The standard InChI is InChI=1S/C18H18N4O2S/c1-21-13-6-3-2-5-12(13)11-15(21)17(24)22-9-4-7-14(22)16(23)20-18-19-8-10-25-18/h2-3,5-6,8,10-11,14H,4,7,9H2,1H3,(H,19,20,23). The summed E-state index contributed by atoms with van der Waals surface area (Å²) in [6.45, 7) is 0.594. The SMILES string of the molecule is Cn1c(C(=O)N2CCCC2C(=O)Nc2nccs2)cc2ccccc21. The summed E-state index contributed by atoms with van der Waals surface area (Å²) in [4.78, 5) is 31.4. The number of nitrogens with zero attached hydrogens (tertiary/aromatic N) is 3. The van der Waals surface area contributed by atoms with E-state index >= 15 is 0 Å². The van der Waals surface area contributed by atoms with E-state index in [4.69, 9.17) is 0 Å². The molecule has 0 bridgehead atoms. The monoisotopic (exact) mass is 354 g/mol. The number of hydrogen-bond donors (Lipinski definition) is 1. The number of aryl methyl sites for hydroxylation is 1. The highest BCUT2D eigenvalue weighted by Crippen LogP contribution is 2.25. The summed E-state index contributed by atoms with van der Waals surface area (Å²) in [6, 6.07) is 9.33. The molecule has 1 unspecified atom stereocenters. The van der Waals surface area contributed by atoms with Gasteiger partial charge in [-0.25, -0.2) is 4.98 Å². The van der Waals surface area contributed by atoms with Gasteiger partial charge in [0, 0.05) is 36.1 Å². The van der Waals surface area contributed by atoms with Crippen LogP contribution in [0.3, 0.4) is 0 Å². The number of fused-ring (bicyclic) bond motifs is 1. The molecule has 1 fully saturated rings. The van der Waals surface area contributed by atoms with E-state index < -0.39 is 6.04 Å². The molecule has 1 saturated heterocycles. The predicted octanol–water partition coefficient (Wildman–Crippen LogP) is 2.88. The number of amides is 2. The average molecular weight is 354 g/mol. The lowest BCUT2D eigenvalue weighted by Gasteiger charge is -2.23. The second-order valence-electron chi connectivity index (χ2n) is 6.13. The maximum atomic E-state index is 13.1. The number of carbonyl (C=O) groups excluding carboxylic acids is 2. The maximum Gasteiger partial charge on any atom is 0.271 e. The fourth-order valence-electron chi connectivity index (χ4n) is 3.40. The number of anilines is 1. The van der Waals surface area contributed by atoms with Crippen molar-refractivity contribution in [3.8, 4) is 0 Å². The third kappa shape index (κ3) is 2.80. The van der Waals surface area contributed by atoms with E-state index in [1.807, 2.05) is 47.3 Å². The molecule has 1 aromatic carbocycles. The third-order valence-corrected chi connectivity index (χ3v) is 5.34. The second kappa shape index (κ2) is 6.33. The van der Waals surface area contributed by atoms with Gasteiger partial charge in [-0.2, -0.15) is 0 Å². The van der Waals surface area contributed by atoms with E-state index in [1.54, 1.807) is 11.1 Å². The van der Waals surface area contributed by atoms with Gasteiger partial charge in [0.1, 0.15) is 11.7 Å². The Morgan fingerprint density at radius 1 is 1.32 bits per heavy atom. The molecule has 0 spiro atoms.